The summed E-state index contributed by atoms with van der Waals surface area (Å²) in [6, 6.07) is 1.98. The Balaban J connectivity index is 2.77. The molecule has 3 nitrogen and oxygen atoms in total. The Morgan fingerprint density at radius 2 is 2.15 bits per heavy atom. The van der Waals surface area contributed by atoms with Crippen molar-refractivity contribution in [3.8, 4) is 6.07 Å². The van der Waals surface area contributed by atoms with Crippen molar-refractivity contribution < 1.29 is 9.53 Å². The van der Waals surface area contributed by atoms with Crippen molar-refractivity contribution in [2.45, 2.75) is 19.8 Å². The molecule has 1 fully saturated rings. The zero-order chi connectivity index (χ0) is 9.68. The van der Waals surface area contributed by atoms with Crippen LogP contribution in [-0.2, 0) is 9.53 Å². The first-order valence-corrected chi connectivity index (χ1v) is 5.97. The topological polar surface area (TPSA) is 50.1 Å². The van der Waals surface area contributed by atoms with Gasteiger partial charge < -0.3 is 4.74 Å². The minimum atomic E-state index is -0.407. The number of carbonyl (C=O) groups excluding carboxylic acids is 1. The van der Waals surface area contributed by atoms with Gasteiger partial charge in [0.2, 0.25) is 0 Å². The van der Waals surface area contributed by atoms with Gasteiger partial charge in [-0.2, -0.15) is 15.7 Å². The average molecular weight is 199 g/mol. The molecule has 0 radical (unpaired) electrons. The molecule has 1 aliphatic rings. The lowest BCUT2D eigenvalue weighted by molar-refractivity contribution is -0.134. The van der Waals surface area contributed by atoms with E-state index in [0.29, 0.717) is 11.5 Å². The molecule has 0 aromatic heterocycles. The Bertz CT molecular complexity index is 270. The summed E-state index contributed by atoms with van der Waals surface area (Å²) in [4.78, 5) is 11.6. The second-order valence-corrected chi connectivity index (χ2v) is 4.98. The Kier molecular flexibility index (Phi) is 3.97. The number of ether oxygens (including phenoxy) is 1. The van der Waals surface area contributed by atoms with Crippen molar-refractivity contribution in [3.63, 3.8) is 0 Å². The third-order valence-corrected chi connectivity index (χ3v) is 4.28. The fourth-order valence-corrected chi connectivity index (χ4v) is 3.42. The zero-order valence-corrected chi connectivity index (χ0v) is 8.52. The summed E-state index contributed by atoms with van der Waals surface area (Å²) in [6.07, 6.45) is 2.27. The molecule has 0 atom stereocenters. The van der Waals surface area contributed by atoms with Gasteiger partial charge in [0.05, 0.1) is 6.61 Å². The minimum Gasteiger partial charge on any atom is -0.462 e. The summed E-state index contributed by atoms with van der Waals surface area (Å²) in [6.45, 7) is 2.10. The third-order valence-electron chi connectivity index (χ3n) is 1.88. The second kappa shape index (κ2) is 5.03. The van der Waals surface area contributed by atoms with E-state index >= 15 is 0 Å². The van der Waals surface area contributed by atoms with Crippen LogP contribution in [0.5, 0.6) is 0 Å². The van der Waals surface area contributed by atoms with Crippen molar-refractivity contribution in [1.29, 1.82) is 5.26 Å². The lowest BCUT2D eigenvalue weighted by Gasteiger charge is -2.03. The SMILES string of the molecule is CCOC(=O)C(C#N)=S1CCCC1. The molecule has 4 heteroatoms. The smallest absolute Gasteiger partial charge is 0.354 e. The van der Waals surface area contributed by atoms with Gasteiger partial charge in [0, 0.05) is 0 Å². The molecule has 0 aromatic carbocycles. The maximum Gasteiger partial charge on any atom is 0.354 e. The average Bonchev–Trinajstić information content (AvgIpc) is 2.59. The Hall–Kier alpha value is -0.820. The Morgan fingerprint density at radius 1 is 1.54 bits per heavy atom. The van der Waals surface area contributed by atoms with Crippen molar-refractivity contribution in [2.75, 3.05) is 18.1 Å². The van der Waals surface area contributed by atoms with Crippen LogP contribution in [0.3, 0.4) is 0 Å². The molecule has 0 aromatic rings. The number of hydrogen-bond donors (Lipinski definition) is 0. The van der Waals surface area contributed by atoms with Gasteiger partial charge in [-0.15, -0.1) is 0 Å². The predicted octanol–water partition coefficient (Wildman–Crippen LogP) is 1.31. The highest BCUT2D eigenvalue weighted by Crippen LogP contribution is 2.26. The van der Waals surface area contributed by atoms with E-state index in [-0.39, 0.29) is 10.5 Å². The maximum atomic E-state index is 11.3. The first-order chi connectivity index (χ1) is 6.29. The summed E-state index contributed by atoms with van der Waals surface area (Å²) in [5.74, 6) is 1.57. The normalized spacial score (nSPS) is 16.6. The molecular weight excluding hydrogens is 186 g/mol. The summed E-state index contributed by atoms with van der Waals surface area (Å²) < 4.78 is 4.82. The van der Waals surface area contributed by atoms with Crippen molar-refractivity contribution in [2.24, 2.45) is 0 Å². The summed E-state index contributed by atoms with van der Waals surface area (Å²) in [5, 5.41) is 8.80. The van der Waals surface area contributed by atoms with Gasteiger partial charge in [0.1, 0.15) is 6.07 Å². The van der Waals surface area contributed by atoms with Gasteiger partial charge in [-0.25, -0.2) is 4.79 Å². The molecule has 1 saturated heterocycles. The lowest BCUT2D eigenvalue weighted by Crippen LogP contribution is -2.16. The molecule has 0 spiro atoms. The highest BCUT2D eigenvalue weighted by atomic mass is 32.2. The van der Waals surface area contributed by atoms with Crippen LogP contribution in [0.15, 0.2) is 0 Å². The van der Waals surface area contributed by atoms with Gasteiger partial charge in [-0.05, 0) is 31.3 Å². The Labute approximate surface area is 80.6 Å². The molecule has 1 aliphatic heterocycles. The molecule has 0 unspecified atom stereocenters. The molecule has 1 heterocycles. The molecule has 0 N–H and O–H groups in total. The van der Waals surface area contributed by atoms with Gasteiger partial charge >= 0.3 is 5.97 Å². The van der Waals surface area contributed by atoms with Crippen molar-refractivity contribution in [1.82, 2.24) is 0 Å². The molecule has 13 heavy (non-hydrogen) atoms. The van der Waals surface area contributed by atoms with Crippen LogP contribution in [0.4, 0.5) is 0 Å². The molecule has 72 valence electrons. The predicted molar refractivity (Wildman–Crippen MR) is 53.8 cm³/mol. The number of rotatable bonds is 2. The number of nitriles is 1. The van der Waals surface area contributed by atoms with E-state index < -0.39 is 5.97 Å². The van der Waals surface area contributed by atoms with E-state index in [1.807, 2.05) is 6.07 Å². The first kappa shape index (κ1) is 10.3. The van der Waals surface area contributed by atoms with E-state index in [2.05, 4.69) is 0 Å². The van der Waals surface area contributed by atoms with Gasteiger partial charge in [0.15, 0.2) is 4.86 Å². The van der Waals surface area contributed by atoms with E-state index in [9.17, 15) is 4.79 Å². The molecule has 0 saturated carbocycles. The summed E-state index contributed by atoms with van der Waals surface area (Å²) in [7, 11) is -0.116. The standard InChI is InChI=1S/C9H13NO2S/c1-2-12-9(11)8(7-10)13-5-3-4-6-13/h2-6H2,1H3. The van der Waals surface area contributed by atoms with Gasteiger partial charge in [0.25, 0.3) is 0 Å². The van der Waals surface area contributed by atoms with Gasteiger partial charge in [-0.3, -0.25) is 0 Å². The number of hydrogen-bond acceptors (Lipinski definition) is 3. The fraction of sp³-hybridized carbons (Fsp3) is 0.667. The van der Waals surface area contributed by atoms with E-state index in [4.69, 9.17) is 10.00 Å². The highest BCUT2D eigenvalue weighted by Gasteiger charge is 2.18. The fourth-order valence-electron chi connectivity index (χ4n) is 1.28. The van der Waals surface area contributed by atoms with Crippen LogP contribution < -0.4 is 0 Å². The van der Waals surface area contributed by atoms with Crippen LogP contribution in [0, 0.1) is 11.3 Å². The zero-order valence-electron chi connectivity index (χ0n) is 7.71. The van der Waals surface area contributed by atoms with E-state index in [0.717, 1.165) is 24.3 Å². The van der Waals surface area contributed by atoms with Gasteiger partial charge in [-0.1, -0.05) is 0 Å². The van der Waals surface area contributed by atoms with Crippen LogP contribution in [0.25, 0.3) is 0 Å². The molecule has 0 aliphatic carbocycles. The largest absolute Gasteiger partial charge is 0.462 e. The minimum absolute atomic E-state index is 0.116. The van der Waals surface area contributed by atoms with Crippen molar-refractivity contribution >= 4 is 21.3 Å². The molecule has 0 amide bonds. The maximum absolute atomic E-state index is 11.3. The van der Waals surface area contributed by atoms with Crippen molar-refractivity contribution in [3.05, 3.63) is 0 Å². The number of esters is 1. The van der Waals surface area contributed by atoms with Crippen LogP contribution in [-0.4, -0.2) is 28.9 Å². The van der Waals surface area contributed by atoms with E-state index in [1.54, 1.807) is 6.92 Å². The summed E-state index contributed by atoms with van der Waals surface area (Å²) >= 11 is 0. The number of nitrogens with zero attached hydrogens (tertiary/aromatic N) is 1. The van der Waals surface area contributed by atoms with Crippen LogP contribution in [0.1, 0.15) is 19.8 Å². The molecular formula is C9H13NO2S. The molecule has 1 rings (SSSR count). The monoisotopic (exact) mass is 199 g/mol. The summed E-state index contributed by atoms with van der Waals surface area (Å²) in [5.41, 5.74) is 0. The third kappa shape index (κ3) is 2.56. The second-order valence-electron chi connectivity index (χ2n) is 2.77. The lowest BCUT2D eigenvalue weighted by atomic mass is 10.4. The first-order valence-electron chi connectivity index (χ1n) is 4.41. The highest BCUT2D eigenvalue weighted by molar-refractivity contribution is 8.17. The number of carbonyl (C=O) groups is 1. The Morgan fingerprint density at radius 3 is 2.62 bits per heavy atom. The quantitative estimate of drug-likeness (QED) is 0.497. The molecule has 0 bridgehead atoms. The van der Waals surface area contributed by atoms with Crippen LogP contribution >= 0.6 is 10.5 Å². The van der Waals surface area contributed by atoms with E-state index in [1.165, 1.54) is 0 Å². The van der Waals surface area contributed by atoms with Crippen LogP contribution in [0.2, 0.25) is 0 Å².